The van der Waals surface area contributed by atoms with Crippen molar-refractivity contribution in [1.82, 2.24) is 0 Å². The number of carbonyl (C=O) groups is 1. The lowest BCUT2D eigenvalue weighted by atomic mass is 10.1. The number of primary amides is 1. The summed E-state index contributed by atoms with van der Waals surface area (Å²) >= 11 is 0. The molecule has 0 saturated heterocycles. The van der Waals surface area contributed by atoms with Crippen LogP contribution in [0.3, 0.4) is 0 Å². The molecule has 0 aromatic heterocycles. The molecule has 0 aliphatic heterocycles. The Hall–Kier alpha value is -1.96. The monoisotopic (exact) mass is 231 g/mol. The number of amides is 1. The standard InChI is InChI=1S/C8H13N3O5/c1-5(7(10-13)8(9)12)3-6(4-16-2)11(14)15/h3,6,13H,4H2,1-2H3,(H2,9,12). The van der Waals surface area contributed by atoms with Crippen LogP contribution in [0.25, 0.3) is 0 Å². The number of oxime groups is 1. The van der Waals surface area contributed by atoms with E-state index in [1.165, 1.54) is 14.0 Å². The predicted molar refractivity (Wildman–Crippen MR) is 54.8 cm³/mol. The molecule has 0 aromatic rings. The SMILES string of the molecule is COCC(C=C(C)C(=NO)C(N)=O)[N+](=O)[O-]. The number of ether oxygens (including phenoxy) is 1. The molecule has 0 fully saturated rings. The summed E-state index contributed by atoms with van der Waals surface area (Å²) in [5.74, 6) is -0.962. The third-order valence-corrected chi connectivity index (χ3v) is 1.76. The summed E-state index contributed by atoms with van der Waals surface area (Å²) in [7, 11) is 1.31. The number of carbonyl (C=O) groups excluding carboxylic acids is 1. The number of nitrogens with zero attached hydrogens (tertiary/aromatic N) is 2. The van der Waals surface area contributed by atoms with Gasteiger partial charge in [-0.2, -0.15) is 0 Å². The molecule has 1 atom stereocenters. The molecule has 90 valence electrons. The maximum Gasteiger partial charge on any atom is 0.271 e. The Labute approximate surface area is 91.5 Å². The highest BCUT2D eigenvalue weighted by Gasteiger charge is 2.20. The van der Waals surface area contributed by atoms with Crippen molar-refractivity contribution in [2.24, 2.45) is 10.9 Å². The van der Waals surface area contributed by atoms with E-state index in [-0.39, 0.29) is 12.2 Å². The number of methoxy groups -OCH3 is 1. The molecule has 1 unspecified atom stereocenters. The minimum absolute atomic E-state index is 0.119. The first-order chi connectivity index (χ1) is 7.43. The van der Waals surface area contributed by atoms with Gasteiger partial charge in [0.15, 0.2) is 5.71 Å². The minimum atomic E-state index is -1.12. The number of nitrogens with two attached hydrogens (primary N) is 1. The summed E-state index contributed by atoms with van der Waals surface area (Å²) in [5.41, 5.74) is 4.61. The largest absolute Gasteiger partial charge is 0.410 e. The van der Waals surface area contributed by atoms with Gasteiger partial charge >= 0.3 is 0 Å². The fourth-order valence-electron chi connectivity index (χ4n) is 1.03. The van der Waals surface area contributed by atoms with Crippen LogP contribution in [0.5, 0.6) is 0 Å². The van der Waals surface area contributed by atoms with Gasteiger partial charge < -0.3 is 15.7 Å². The molecule has 1 amide bonds. The second-order valence-corrected chi connectivity index (χ2v) is 2.97. The third kappa shape index (κ3) is 4.05. The molecule has 0 saturated carbocycles. The smallest absolute Gasteiger partial charge is 0.271 e. The van der Waals surface area contributed by atoms with E-state index in [0.717, 1.165) is 6.08 Å². The van der Waals surface area contributed by atoms with E-state index >= 15 is 0 Å². The van der Waals surface area contributed by atoms with Crippen molar-refractivity contribution in [2.45, 2.75) is 13.0 Å². The van der Waals surface area contributed by atoms with Gasteiger partial charge in [-0.3, -0.25) is 14.9 Å². The van der Waals surface area contributed by atoms with Gasteiger partial charge in [-0.1, -0.05) is 5.16 Å². The van der Waals surface area contributed by atoms with E-state index in [2.05, 4.69) is 9.89 Å². The van der Waals surface area contributed by atoms with Crippen molar-refractivity contribution in [2.75, 3.05) is 13.7 Å². The van der Waals surface area contributed by atoms with E-state index in [0.29, 0.717) is 0 Å². The fraction of sp³-hybridized carbons (Fsp3) is 0.500. The van der Waals surface area contributed by atoms with E-state index in [9.17, 15) is 14.9 Å². The molecular weight excluding hydrogens is 218 g/mol. The van der Waals surface area contributed by atoms with Gasteiger partial charge in [-0.25, -0.2) is 0 Å². The summed E-state index contributed by atoms with van der Waals surface area (Å²) in [6, 6.07) is -1.12. The molecule has 0 aliphatic carbocycles. The van der Waals surface area contributed by atoms with Gasteiger partial charge in [0.1, 0.15) is 6.61 Å². The number of hydrogen-bond donors (Lipinski definition) is 2. The average Bonchev–Trinajstić information content (AvgIpc) is 2.17. The van der Waals surface area contributed by atoms with Crippen molar-refractivity contribution in [3.05, 3.63) is 21.8 Å². The van der Waals surface area contributed by atoms with Crippen molar-refractivity contribution in [1.29, 1.82) is 0 Å². The van der Waals surface area contributed by atoms with E-state index in [1.807, 2.05) is 0 Å². The van der Waals surface area contributed by atoms with Crippen LogP contribution in [0.2, 0.25) is 0 Å². The normalized spacial score (nSPS) is 14.6. The summed E-state index contributed by atoms with van der Waals surface area (Å²) in [5, 5.41) is 21.7. The van der Waals surface area contributed by atoms with Crippen LogP contribution in [0.1, 0.15) is 6.92 Å². The minimum Gasteiger partial charge on any atom is -0.410 e. The van der Waals surface area contributed by atoms with Crippen molar-refractivity contribution < 1.29 is 19.7 Å². The zero-order valence-corrected chi connectivity index (χ0v) is 8.91. The molecule has 3 N–H and O–H groups in total. The fourth-order valence-corrected chi connectivity index (χ4v) is 1.03. The predicted octanol–water partition coefficient (Wildman–Crippen LogP) is -0.460. The molecule has 0 heterocycles. The molecular formula is C8H13N3O5. The number of rotatable bonds is 6. The van der Waals surface area contributed by atoms with Crippen molar-refractivity contribution in [3.63, 3.8) is 0 Å². The van der Waals surface area contributed by atoms with E-state index in [4.69, 9.17) is 10.9 Å². The topological polar surface area (TPSA) is 128 Å². The van der Waals surface area contributed by atoms with Crippen LogP contribution >= 0.6 is 0 Å². The van der Waals surface area contributed by atoms with Gasteiger partial charge in [-0.05, 0) is 18.6 Å². The highest BCUT2D eigenvalue weighted by atomic mass is 16.6. The van der Waals surface area contributed by atoms with Crippen LogP contribution in [-0.4, -0.2) is 41.5 Å². The summed E-state index contributed by atoms with van der Waals surface area (Å²) in [6.07, 6.45) is 1.14. The third-order valence-electron chi connectivity index (χ3n) is 1.76. The van der Waals surface area contributed by atoms with Crippen LogP contribution < -0.4 is 5.73 Å². The second kappa shape index (κ2) is 6.51. The zero-order valence-electron chi connectivity index (χ0n) is 8.91. The Morgan fingerprint density at radius 2 is 2.31 bits per heavy atom. The highest BCUT2D eigenvalue weighted by Crippen LogP contribution is 2.03. The molecule has 8 nitrogen and oxygen atoms in total. The molecule has 0 bridgehead atoms. The van der Waals surface area contributed by atoms with Gasteiger partial charge in [-0.15, -0.1) is 0 Å². The first kappa shape index (κ1) is 14.0. The zero-order chi connectivity index (χ0) is 12.7. The Bertz CT molecular complexity index is 337. The summed E-state index contributed by atoms with van der Waals surface area (Å²) in [4.78, 5) is 20.8. The van der Waals surface area contributed by atoms with Crippen molar-refractivity contribution in [3.8, 4) is 0 Å². The molecule has 16 heavy (non-hydrogen) atoms. The molecule has 0 rings (SSSR count). The molecule has 0 spiro atoms. The first-order valence-corrected chi connectivity index (χ1v) is 4.27. The summed E-state index contributed by atoms with van der Waals surface area (Å²) in [6.45, 7) is 1.23. The average molecular weight is 231 g/mol. The first-order valence-electron chi connectivity index (χ1n) is 4.27. The highest BCUT2D eigenvalue weighted by molar-refractivity contribution is 6.44. The summed E-state index contributed by atoms with van der Waals surface area (Å²) < 4.78 is 4.64. The lowest BCUT2D eigenvalue weighted by Crippen LogP contribution is -2.27. The number of hydrogen-bond acceptors (Lipinski definition) is 6. The Morgan fingerprint density at radius 1 is 1.75 bits per heavy atom. The van der Waals surface area contributed by atoms with Gasteiger partial charge in [0.2, 0.25) is 0 Å². The Morgan fingerprint density at radius 3 is 2.62 bits per heavy atom. The van der Waals surface area contributed by atoms with Crippen LogP contribution in [0, 0.1) is 10.1 Å². The Kier molecular flexibility index (Phi) is 5.71. The second-order valence-electron chi connectivity index (χ2n) is 2.97. The van der Waals surface area contributed by atoms with Crippen molar-refractivity contribution >= 4 is 11.6 Å². The molecule has 0 aromatic carbocycles. The van der Waals surface area contributed by atoms with Gasteiger partial charge in [0.05, 0.1) is 0 Å². The lowest BCUT2D eigenvalue weighted by Gasteiger charge is -2.05. The van der Waals surface area contributed by atoms with Crippen LogP contribution in [0.15, 0.2) is 16.8 Å². The molecule has 0 radical (unpaired) electrons. The lowest BCUT2D eigenvalue weighted by molar-refractivity contribution is -0.512. The molecule has 0 aliphatic rings. The molecule has 8 heteroatoms. The maximum atomic E-state index is 10.8. The van der Waals surface area contributed by atoms with Crippen LogP contribution in [0.4, 0.5) is 0 Å². The van der Waals surface area contributed by atoms with Gasteiger partial charge in [0.25, 0.3) is 11.9 Å². The number of nitro groups is 1. The van der Waals surface area contributed by atoms with E-state index < -0.39 is 22.6 Å². The van der Waals surface area contributed by atoms with Gasteiger partial charge in [0, 0.05) is 12.0 Å². The van der Waals surface area contributed by atoms with E-state index in [1.54, 1.807) is 0 Å². The maximum absolute atomic E-state index is 10.8. The Balaban J connectivity index is 4.97. The quantitative estimate of drug-likeness (QED) is 0.276. The van der Waals surface area contributed by atoms with Crippen LogP contribution in [-0.2, 0) is 9.53 Å².